The summed E-state index contributed by atoms with van der Waals surface area (Å²) in [6.07, 6.45) is 6.31. The zero-order valence-corrected chi connectivity index (χ0v) is 16.6. The molecule has 0 unspecified atom stereocenters. The zero-order valence-electron chi connectivity index (χ0n) is 15.8. The molecule has 2 bridgehead atoms. The first-order chi connectivity index (χ1) is 12.0. The number of ketones is 1. The summed E-state index contributed by atoms with van der Waals surface area (Å²) in [5, 5.41) is -1.22. The highest BCUT2D eigenvalue weighted by Crippen LogP contribution is 2.65. The van der Waals surface area contributed by atoms with Gasteiger partial charge in [0.05, 0.1) is 10.3 Å². The van der Waals surface area contributed by atoms with Crippen LogP contribution in [0.1, 0.15) is 47.0 Å². The van der Waals surface area contributed by atoms with Crippen LogP contribution in [0.5, 0.6) is 0 Å². The van der Waals surface area contributed by atoms with Crippen LogP contribution in [0.2, 0.25) is 0 Å². The fourth-order valence-corrected chi connectivity index (χ4v) is 7.65. The summed E-state index contributed by atoms with van der Waals surface area (Å²) in [5.41, 5.74) is -2.95. The van der Waals surface area contributed by atoms with Gasteiger partial charge in [-0.2, -0.15) is 0 Å². The van der Waals surface area contributed by atoms with E-state index < -0.39 is 31.7 Å². The molecule has 140 valence electrons. The molecule has 0 radical (unpaired) electrons. The van der Waals surface area contributed by atoms with Gasteiger partial charge in [0.1, 0.15) is 11.2 Å². The van der Waals surface area contributed by atoms with Crippen LogP contribution in [0.4, 0.5) is 0 Å². The van der Waals surface area contributed by atoms with Crippen LogP contribution in [-0.2, 0) is 19.4 Å². The second-order valence-corrected chi connectivity index (χ2v) is 11.1. The first-order valence-electron chi connectivity index (χ1n) is 9.24. The molecule has 1 spiro atoms. The number of carbonyl (C=O) groups excluding carboxylic acids is 1. The molecule has 1 aromatic rings. The molecule has 2 heterocycles. The molecule has 1 saturated heterocycles. The second kappa shape index (κ2) is 5.08. The van der Waals surface area contributed by atoms with Crippen LogP contribution >= 0.6 is 0 Å². The van der Waals surface area contributed by atoms with E-state index in [-0.39, 0.29) is 16.1 Å². The predicted octanol–water partition coefficient (Wildman–Crippen LogP) is 3.71. The fraction of sp³-hybridized carbons (Fsp3) is 0.571. The van der Waals surface area contributed by atoms with Gasteiger partial charge in [0, 0.05) is 0 Å². The molecule has 1 aromatic carbocycles. The normalized spacial score (nSPS) is 41.1. The number of hydrogen-bond acceptors (Lipinski definition) is 4. The molecule has 4 atom stereocenters. The molecule has 5 heteroatoms. The summed E-state index contributed by atoms with van der Waals surface area (Å²) in [7, 11) is -3.86. The van der Waals surface area contributed by atoms with Crippen molar-refractivity contribution < 1.29 is 17.9 Å². The average Bonchev–Trinajstić information content (AvgIpc) is 2.90. The van der Waals surface area contributed by atoms with Crippen LogP contribution in [-0.4, -0.2) is 30.7 Å². The average molecular weight is 375 g/mol. The van der Waals surface area contributed by atoms with Gasteiger partial charge in [-0.1, -0.05) is 50.6 Å². The topological polar surface area (TPSA) is 60.4 Å². The first-order valence-corrected chi connectivity index (χ1v) is 10.8. The van der Waals surface area contributed by atoms with Crippen molar-refractivity contribution in [2.75, 3.05) is 0 Å². The van der Waals surface area contributed by atoms with Crippen molar-refractivity contribution in [3.8, 4) is 0 Å². The minimum absolute atomic E-state index is 0.176. The van der Waals surface area contributed by atoms with E-state index in [9.17, 15) is 13.2 Å². The van der Waals surface area contributed by atoms with Crippen molar-refractivity contribution in [1.82, 2.24) is 0 Å². The third kappa shape index (κ3) is 1.93. The number of carbonyl (C=O) groups is 1. The molecule has 4 rings (SSSR count). The monoisotopic (exact) mass is 374 g/mol. The summed E-state index contributed by atoms with van der Waals surface area (Å²) in [6.45, 7) is 7.89. The summed E-state index contributed by atoms with van der Waals surface area (Å²) in [4.78, 5) is 13.9. The summed E-state index contributed by atoms with van der Waals surface area (Å²) in [6, 6.07) is 8.25. The lowest BCUT2D eigenvalue weighted by Gasteiger charge is -2.61. The number of sulfone groups is 1. The number of ether oxygens (including phenoxy) is 1. The smallest absolute Gasteiger partial charge is 0.191 e. The maximum atomic E-state index is 13.8. The van der Waals surface area contributed by atoms with E-state index in [2.05, 4.69) is 13.8 Å². The van der Waals surface area contributed by atoms with Crippen molar-refractivity contribution in [2.45, 2.75) is 68.3 Å². The second-order valence-electron chi connectivity index (χ2n) is 9.03. The third-order valence-corrected chi connectivity index (χ3v) is 9.25. The van der Waals surface area contributed by atoms with Crippen molar-refractivity contribution in [1.29, 1.82) is 0 Å². The SMILES string of the molecule is CC1(C)CCC[C@]2(C)C(=O)[C@H](S(=O)(=O)c3ccccc3)[C@]3(C)C=C[C@]12O3. The molecular weight excluding hydrogens is 348 g/mol. The van der Waals surface area contributed by atoms with E-state index in [1.54, 1.807) is 37.3 Å². The molecule has 0 N–H and O–H groups in total. The maximum Gasteiger partial charge on any atom is 0.191 e. The lowest BCUT2D eigenvalue weighted by molar-refractivity contribution is -0.234. The summed E-state index contributed by atoms with van der Waals surface area (Å²) < 4.78 is 33.4. The Morgan fingerprint density at radius 3 is 2.31 bits per heavy atom. The van der Waals surface area contributed by atoms with Crippen LogP contribution < -0.4 is 0 Å². The molecule has 4 nitrogen and oxygen atoms in total. The van der Waals surface area contributed by atoms with E-state index in [0.717, 1.165) is 12.8 Å². The standard InChI is InChI=1S/C21H26O4S/c1-18(2)11-8-12-19(3)16(22)17(20(4)13-14-21(18,19)25-20)26(23,24)15-9-6-5-7-10-15/h5-7,9-10,13-14,17H,8,11-12H2,1-4H3/t17-,19+,20-,21-/m0/s1. The Labute approximate surface area is 155 Å². The Hall–Kier alpha value is -1.46. The maximum absolute atomic E-state index is 13.8. The van der Waals surface area contributed by atoms with Gasteiger partial charge < -0.3 is 4.74 Å². The van der Waals surface area contributed by atoms with Crippen molar-refractivity contribution in [3.63, 3.8) is 0 Å². The molecule has 2 fully saturated rings. The lowest BCUT2D eigenvalue weighted by Crippen LogP contribution is -2.71. The van der Waals surface area contributed by atoms with Crippen LogP contribution in [0, 0.1) is 10.8 Å². The van der Waals surface area contributed by atoms with Crippen molar-refractivity contribution >= 4 is 15.6 Å². The van der Waals surface area contributed by atoms with E-state index >= 15 is 0 Å². The van der Waals surface area contributed by atoms with E-state index in [4.69, 9.17) is 4.74 Å². The minimum Gasteiger partial charge on any atom is -0.357 e. The highest BCUT2D eigenvalue weighted by atomic mass is 32.2. The Bertz CT molecular complexity index is 901. The van der Waals surface area contributed by atoms with E-state index in [0.29, 0.717) is 6.42 Å². The van der Waals surface area contributed by atoms with Crippen LogP contribution in [0.3, 0.4) is 0 Å². The molecular formula is C21H26O4S. The van der Waals surface area contributed by atoms with Gasteiger partial charge in [0.15, 0.2) is 20.9 Å². The molecule has 1 saturated carbocycles. The summed E-state index contributed by atoms with van der Waals surface area (Å²) >= 11 is 0. The Morgan fingerprint density at radius 1 is 1.00 bits per heavy atom. The Morgan fingerprint density at radius 2 is 1.65 bits per heavy atom. The Kier molecular flexibility index (Phi) is 3.50. The fourth-order valence-electron chi connectivity index (χ4n) is 5.55. The van der Waals surface area contributed by atoms with Crippen molar-refractivity contribution in [2.24, 2.45) is 10.8 Å². The Balaban J connectivity index is 1.91. The van der Waals surface area contributed by atoms with E-state index in [1.807, 2.05) is 19.1 Å². The largest absolute Gasteiger partial charge is 0.357 e. The van der Waals surface area contributed by atoms with Gasteiger partial charge in [-0.15, -0.1) is 0 Å². The highest BCUT2D eigenvalue weighted by molar-refractivity contribution is 7.93. The van der Waals surface area contributed by atoms with Gasteiger partial charge >= 0.3 is 0 Å². The van der Waals surface area contributed by atoms with Crippen LogP contribution in [0.15, 0.2) is 47.4 Å². The molecule has 0 aromatic heterocycles. The number of hydrogen-bond donors (Lipinski definition) is 0. The quantitative estimate of drug-likeness (QED) is 0.741. The van der Waals surface area contributed by atoms with Gasteiger partial charge in [0.2, 0.25) is 0 Å². The van der Waals surface area contributed by atoms with Gasteiger partial charge in [-0.05, 0) is 44.2 Å². The molecule has 0 amide bonds. The third-order valence-electron chi connectivity index (χ3n) is 7.02. The molecule has 26 heavy (non-hydrogen) atoms. The van der Waals surface area contributed by atoms with E-state index in [1.165, 1.54) is 0 Å². The van der Waals surface area contributed by atoms with Crippen molar-refractivity contribution in [3.05, 3.63) is 42.5 Å². The molecule has 2 aliphatic heterocycles. The number of fused-ring (bicyclic) bond motifs is 1. The predicted molar refractivity (Wildman–Crippen MR) is 99.5 cm³/mol. The highest BCUT2D eigenvalue weighted by Gasteiger charge is 2.74. The van der Waals surface area contributed by atoms with Gasteiger partial charge in [-0.3, -0.25) is 4.79 Å². The number of rotatable bonds is 2. The zero-order chi connectivity index (χ0) is 19.0. The summed E-state index contributed by atoms with van der Waals surface area (Å²) in [5.74, 6) is -0.201. The molecule has 3 aliphatic rings. The van der Waals surface area contributed by atoms with Crippen LogP contribution in [0.25, 0.3) is 0 Å². The first kappa shape index (κ1) is 17.9. The van der Waals surface area contributed by atoms with Gasteiger partial charge in [0.25, 0.3) is 0 Å². The molecule has 1 aliphatic carbocycles. The number of benzene rings is 1. The number of Topliss-reactive ketones (excluding diaryl/α,β-unsaturated/α-hetero) is 1. The van der Waals surface area contributed by atoms with Gasteiger partial charge in [-0.25, -0.2) is 8.42 Å². The lowest BCUT2D eigenvalue weighted by atomic mass is 9.51. The minimum atomic E-state index is -3.86.